The summed E-state index contributed by atoms with van der Waals surface area (Å²) in [6, 6.07) is 0. The molecule has 86 valence electrons. The van der Waals surface area contributed by atoms with Crippen LogP contribution in [0, 0.1) is 10.1 Å². The molecule has 7 nitrogen and oxygen atoms in total. The maximum Gasteiger partial charge on any atom is 0.434 e. The number of nitrogens with zero attached hydrogens (tertiary/aromatic N) is 3. The summed E-state index contributed by atoms with van der Waals surface area (Å²) in [7, 11) is 0. The van der Waals surface area contributed by atoms with Crippen LogP contribution in [-0.4, -0.2) is 27.1 Å². The quantitative estimate of drug-likeness (QED) is 0.321. The minimum Gasteiger partial charge on any atom is -0.462 e. The van der Waals surface area contributed by atoms with Crippen LogP contribution < -0.4 is 0 Å². The van der Waals surface area contributed by atoms with Crippen molar-refractivity contribution in [1.82, 2.24) is 9.55 Å². The number of allylic oxidation sites excluding steroid dienone is 1. The molecule has 0 fully saturated rings. The summed E-state index contributed by atoms with van der Waals surface area (Å²) in [5.41, 5.74) is 0. The second kappa shape index (κ2) is 5.64. The Hall–Kier alpha value is -2.18. The minimum atomic E-state index is -0.556. The zero-order chi connectivity index (χ0) is 12.0. The van der Waals surface area contributed by atoms with Crippen LogP contribution >= 0.6 is 0 Å². The largest absolute Gasteiger partial charge is 0.462 e. The molecular formula is C9H11N3O4. The van der Waals surface area contributed by atoms with Gasteiger partial charge in [-0.15, -0.1) is 0 Å². The first-order valence-electron chi connectivity index (χ1n) is 4.55. The van der Waals surface area contributed by atoms with Gasteiger partial charge in [0.25, 0.3) is 0 Å². The van der Waals surface area contributed by atoms with Crippen LogP contribution in [0.25, 0.3) is 0 Å². The van der Waals surface area contributed by atoms with E-state index in [0.717, 1.165) is 0 Å². The molecule has 7 heteroatoms. The van der Waals surface area contributed by atoms with Gasteiger partial charge in [0.2, 0.25) is 0 Å². The van der Waals surface area contributed by atoms with Crippen LogP contribution in [0.1, 0.15) is 6.92 Å². The molecule has 0 saturated carbocycles. The average Bonchev–Trinajstić information content (AvgIpc) is 2.65. The van der Waals surface area contributed by atoms with Crippen molar-refractivity contribution in [2.24, 2.45) is 0 Å². The van der Waals surface area contributed by atoms with Crippen molar-refractivity contribution in [3.8, 4) is 0 Å². The predicted molar refractivity (Wildman–Crippen MR) is 54.7 cm³/mol. The molecule has 1 aromatic rings. The van der Waals surface area contributed by atoms with E-state index in [0.29, 0.717) is 6.54 Å². The highest BCUT2D eigenvalue weighted by Gasteiger charge is 2.11. The molecule has 16 heavy (non-hydrogen) atoms. The van der Waals surface area contributed by atoms with Gasteiger partial charge in [-0.1, -0.05) is 11.1 Å². The number of carbonyl (C=O) groups excluding carboxylic acids is 1. The highest BCUT2D eigenvalue weighted by molar-refractivity contribution is 5.65. The number of carbonyl (C=O) groups is 1. The molecule has 0 bridgehead atoms. The number of nitro groups is 1. The van der Waals surface area contributed by atoms with Crippen LogP contribution in [0.3, 0.4) is 0 Å². The summed E-state index contributed by atoms with van der Waals surface area (Å²) in [6.07, 6.45) is 6.15. The molecule has 1 aromatic heterocycles. The fourth-order valence-electron chi connectivity index (χ4n) is 1.04. The number of hydrogen-bond acceptors (Lipinski definition) is 5. The van der Waals surface area contributed by atoms with E-state index in [4.69, 9.17) is 0 Å². The van der Waals surface area contributed by atoms with E-state index in [1.165, 1.54) is 23.9 Å². The lowest BCUT2D eigenvalue weighted by Crippen LogP contribution is -2.02. The fourth-order valence-corrected chi connectivity index (χ4v) is 1.04. The normalized spacial score (nSPS) is 10.6. The van der Waals surface area contributed by atoms with Gasteiger partial charge in [-0.05, 0) is 11.0 Å². The van der Waals surface area contributed by atoms with Crippen molar-refractivity contribution in [1.29, 1.82) is 0 Å². The second-order valence-electron chi connectivity index (χ2n) is 2.91. The minimum absolute atomic E-state index is 0.165. The highest BCUT2D eigenvalue weighted by atomic mass is 16.6. The Morgan fingerprint density at radius 2 is 2.44 bits per heavy atom. The second-order valence-corrected chi connectivity index (χ2v) is 2.91. The van der Waals surface area contributed by atoms with Crippen molar-refractivity contribution >= 4 is 11.9 Å². The third kappa shape index (κ3) is 3.52. The summed E-state index contributed by atoms with van der Waals surface area (Å²) in [4.78, 5) is 23.9. The highest BCUT2D eigenvalue weighted by Crippen LogP contribution is 2.06. The summed E-state index contributed by atoms with van der Waals surface area (Å²) in [5.74, 6) is -0.574. The number of rotatable bonds is 5. The number of ether oxygens (including phenoxy) is 1. The zero-order valence-electron chi connectivity index (χ0n) is 8.70. The predicted octanol–water partition coefficient (Wildman–Crippen LogP) is 0.911. The maximum absolute atomic E-state index is 10.5. The first kappa shape index (κ1) is 11.9. The first-order chi connectivity index (χ1) is 7.61. The van der Waals surface area contributed by atoms with Gasteiger partial charge in [0.1, 0.15) is 19.0 Å². The van der Waals surface area contributed by atoms with Crippen molar-refractivity contribution < 1.29 is 14.5 Å². The van der Waals surface area contributed by atoms with Crippen molar-refractivity contribution in [2.45, 2.75) is 13.5 Å². The Morgan fingerprint density at radius 3 is 3.06 bits per heavy atom. The van der Waals surface area contributed by atoms with Crippen LogP contribution in [0.2, 0.25) is 0 Å². The molecule has 1 rings (SSSR count). The van der Waals surface area contributed by atoms with Crippen molar-refractivity contribution in [3.63, 3.8) is 0 Å². The van der Waals surface area contributed by atoms with Crippen LogP contribution in [0.4, 0.5) is 5.95 Å². The van der Waals surface area contributed by atoms with Gasteiger partial charge in [-0.3, -0.25) is 4.79 Å². The van der Waals surface area contributed by atoms with Crippen LogP contribution in [-0.2, 0) is 16.1 Å². The van der Waals surface area contributed by atoms with E-state index < -0.39 is 4.92 Å². The molecule has 0 amide bonds. The summed E-state index contributed by atoms with van der Waals surface area (Å²) < 4.78 is 6.03. The Kier molecular flexibility index (Phi) is 4.19. The van der Waals surface area contributed by atoms with Gasteiger partial charge in [0.15, 0.2) is 0 Å². The molecule has 0 atom stereocenters. The molecule has 0 radical (unpaired) electrons. The first-order valence-corrected chi connectivity index (χ1v) is 4.55. The Morgan fingerprint density at radius 1 is 1.69 bits per heavy atom. The molecule has 0 aliphatic carbocycles. The standard InChI is InChI=1S/C9H11N3O4/c1-8(13)16-7-3-2-5-11-6-4-10-9(11)12(14)15/h2-4,6H,5,7H2,1H3. The number of esters is 1. The smallest absolute Gasteiger partial charge is 0.434 e. The van der Waals surface area contributed by atoms with Crippen LogP contribution in [0.15, 0.2) is 24.5 Å². The molecule has 0 aliphatic heterocycles. The SMILES string of the molecule is CC(=O)OCC=CCn1ccnc1[N+](=O)[O-]. The van der Waals surface area contributed by atoms with Crippen LogP contribution in [0.5, 0.6) is 0 Å². The van der Waals surface area contributed by atoms with Gasteiger partial charge < -0.3 is 14.9 Å². The number of imidazole rings is 1. The van der Waals surface area contributed by atoms with E-state index in [2.05, 4.69) is 9.72 Å². The summed E-state index contributed by atoms with van der Waals surface area (Å²) in [5, 5.41) is 10.5. The van der Waals surface area contributed by atoms with Gasteiger partial charge in [0.05, 0.1) is 6.54 Å². The maximum atomic E-state index is 10.5. The van der Waals surface area contributed by atoms with Gasteiger partial charge in [0, 0.05) is 6.92 Å². The summed E-state index contributed by atoms with van der Waals surface area (Å²) in [6.45, 7) is 1.80. The molecular weight excluding hydrogens is 214 g/mol. The Bertz CT molecular complexity index is 411. The number of hydrogen-bond donors (Lipinski definition) is 0. The Balaban J connectivity index is 2.45. The van der Waals surface area contributed by atoms with E-state index >= 15 is 0 Å². The van der Waals surface area contributed by atoms with E-state index in [9.17, 15) is 14.9 Å². The Labute approximate surface area is 91.5 Å². The van der Waals surface area contributed by atoms with Crippen molar-refractivity contribution in [2.75, 3.05) is 6.61 Å². The summed E-state index contributed by atoms with van der Waals surface area (Å²) >= 11 is 0. The average molecular weight is 225 g/mol. The topological polar surface area (TPSA) is 87.3 Å². The van der Waals surface area contributed by atoms with E-state index in [-0.39, 0.29) is 18.5 Å². The number of aromatic nitrogens is 2. The van der Waals surface area contributed by atoms with Gasteiger partial charge in [-0.2, -0.15) is 0 Å². The van der Waals surface area contributed by atoms with Gasteiger partial charge in [-0.25, -0.2) is 4.57 Å². The monoisotopic (exact) mass is 225 g/mol. The molecule has 0 aromatic carbocycles. The molecule has 1 heterocycles. The lowest BCUT2D eigenvalue weighted by atomic mass is 10.5. The van der Waals surface area contributed by atoms with Gasteiger partial charge >= 0.3 is 11.9 Å². The molecule has 0 aliphatic rings. The third-order valence-electron chi connectivity index (χ3n) is 1.71. The fraction of sp³-hybridized carbons (Fsp3) is 0.333. The molecule has 0 spiro atoms. The molecule has 0 saturated heterocycles. The van der Waals surface area contributed by atoms with Crippen molar-refractivity contribution in [3.05, 3.63) is 34.7 Å². The zero-order valence-corrected chi connectivity index (χ0v) is 8.70. The van der Waals surface area contributed by atoms with E-state index in [1.54, 1.807) is 12.2 Å². The molecule has 0 N–H and O–H groups in total. The lowest BCUT2D eigenvalue weighted by Gasteiger charge is -1.97. The lowest BCUT2D eigenvalue weighted by molar-refractivity contribution is -0.396. The van der Waals surface area contributed by atoms with E-state index in [1.807, 2.05) is 0 Å². The molecule has 0 unspecified atom stereocenters. The third-order valence-corrected chi connectivity index (χ3v) is 1.71.